The van der Waals surface area contributed by atoms with Gasteiger partial charge in [0.05, 0.1) is 12.0 Å². The molecule has 0 bridgehead atoms. The molecule has 4 nitrogen and oxygen atoms in total. The van der Waals surface area contributed by atoms with E-state index in [1.54, 1.807) is 0 Å². The van der Waals surface area contributed by atoms with E-state index in [2.05, 4.69) is 10.3 Å². The van der Waals surface area contributed by atoms with E-state index in [1.165, 1.54) is 28.7 Å². The molecule has 0 atom stereocenters. The first-order valence-electron chi connectivity index (χ1n) is 9.21. The second kappa shape index (κ2) is 8.03. The van der Waals surface area contributed by atoms with Gasteiger partial charge >= 0.3 is 6.18 Å². The summed E-state index contributed by atoms with van der Waals surface area (Å²) >= 11 is 0. The van der Waals surface area contributed by atoms with Crippen LogP contribution < -0.4 is 5.32 Å². The predicted octanol–water partition coefficient (Wildman–Crippen LogP) is 5.62. The maximum Gasteiger partial charge on any atom is 0.416 e. The number of amides is 1. The Hall–Kier alpha value is -3.82. The lowest BCUT2D eigenvalue weighted by molar-refractivity contribution is -0.137. The average Bonchev–Trinajstić information content (AvgIpc) is 3.06. The van der Waals surface area contributed by atoms with Gasteiger partial charge < -0.3 is 5.32 Å². The third kappa shape index (κ3) is 4.29. The van der Waals surface area contributed by atoms with Crippen molar-refractivity contribution >= 4 is 17.4 Å². The SMILES string of the molecule is O=C(Cc1ccc(F)cc1)Nc1nc2cc(C(F)(F)F)ccn2c1-c1ccc(F)cc1F. The molecule has 0 saturated heterocycles. The van der Waals surface area contributed by atoms with E-state index < -0.39 is 35.1 Å². The van der Waals surface area contributed by atoms with Crippen LogP contribution in [0.2, 0.25) is 0 Å². The van der Waals surface area contributed by atoms with E-state index in [0.29, 0.717) is 11.6 Å². The third-order valence-corrected chi connectivity index (χ3v) is 4.68. The number of nitrogens with one attached hydrogen (secondary N) is 1. The van der Waals surface area contributed by atoms with Gasteiger partial charge in [0.25, 0.3) is 0 Å². The van der Waals surface area contributed by atoms with Crippen LogP contribution in [0.1, 0.15) is 11.1 Å². The minimum atomic E-state index is -4.64. The molecule has 0 aliphatic heterocycles. The van der Waals surface area contributed by atoms with Gasteiger partial charge in [0.2, 0.25) is 5.91 Å². The van der Waals surface area contributed by atoms with Crippen molar-refractivity contribution in [1.82, 2.24) is 9.38 Å². The largest absolute Gasteiger partial charge is 0.416 e. The van der Waals surface area contributed by atoms with Crippen molar-refractivity contribution in [2.75, 3.05) is 5.32 Å². The Kier molecular flexibility index (Phi) is 5.37. The number of pyridine rings is 1. The van der Waals surface area contributed by atoms with Crippen molar-refractivity contribution in [3.8, 4) is 11.3 Å². The highest BCUT2D eigenvalue weighted by Gasteiger charge is 2.31. The van der Waals surface area contributed by atoms with Crippen LogP contribution in [-0.2, 0) is 17.4 Å². The van der Waals surface area contributed by atoms with Gasteiger partial charge in [0, 0.05) is 17.8 Å². The molecule has 0 unspecified atom stereocenters. The van der Waals surface area contributed by atoms with E-state index in [9.17, 15) is 31.1 Å². The van der Waals surface area contributed by atoms with Gasteiger partial charge in [-0.25, -0.2) is 18.2 Å². The molecule has 10 heteroatoms. The molecule has 2 heterocycles. The van der Waals surface area contributed by atoms with E-state index in [1.807, 2.05) is 0 Å². The first kappa shape index (κ1) is 21.4. The van der Waals surface area contributed by atoms with Gasteiger partial charge in [-0.2, -0.15) is 13.2 Å². The zero-order chi connectivity index (χ0) is 23.0. The maximum atomic E-state index is 14.5. The number of rotatable bonds is 4. The van der Waals surface area contributed by atoms with Gasteiger partial charge in [-0.05, 0) is 42.0 Å². The number of anilines is 1. The minimum Gasteiger partial charge on any atom is -0.309 e. The van der Waals surface area contributed by atoms with Crippen LogP contribution in [0, 0.1) is 17.5 Å². The fourth-order valence-electron chi connectivity index (χ4n) is 3.21. The average molecular weight is 449 g/mol. The van der Waals surface area contributed by atoms with E-state index in [0.717, 1.165) is 30.5 Å². The van der Waals surface area contributed by atoms with Crippen molar-refractivity contribution < 1.29 is 31.1 Å². The lowest BCUT2D eigenvalue weighted by atomic mass is 10.1. The highest BCUT2D eigenvalue weighted by atomic mass is 19.4. The molecular weight excluding hydrogens is 436 g/mol. The molecule has 164 valence electrons. The quantitative estimate of drug-likeness (QED) is 0.411. The summed E-state index contributed by atoms with van der Waals surface area (Å²) in [6, 6.07) is 9.36. The molecule has 2 aromatic carbocycles. The highest BCUT2D eigenvalue weighted by molar-refractivity contribution is 5.95. The summed E-state index contributed by atoms with van der Waals surface area (Å²) in [5, 5.41) is 2.46. The van der Waals surface area contributed by atoms with Crippen LogP contribution in [0.15, 0.2) is 60.8 Å². The molecule has 4 rings (SSSR count). The Morgan fingerprint density at radius 3 is 2.28 bits per heavy atom. The summed E-state index contributed by atoms with van der Waals surface area (Å²) < 4.78 is 81.4. The van der Waals surface area contributed by atoms with Gasteiger partial charge in [-0.1, -0.05) is 12.1 Å². The fraction of sp³-hybridized carbons (Fsp3) is 0.0909. The third-order valence-electron chi connectivity index (χ3n) is 4.68. The van der Waals surface area contributed by atoms with Crippen molar-refractivity contribution in [3.05, 3.63) is 89.4 Å². The molecule has 2 aromatic heterocycles. The zero-order valence-electron chi connectivity index (χ0n) is 16.1. The summed E-state index contributed by atoms with van der Waals surface area (Å²) in [6.07, 6.45) is -3.78. The summed E-state index contributed by atoms with van der Waals surface area (Å²) in [5.41, 5.74) is -0.933. The summed E-state index contributed by atoms with van der Waals surface area (Å²) in [7, 11) is 0. The van der Waals surface area contributed by atoms with Crippen LogP contribution >= 0.6 is 0 Å². The Morgan fingerprint density at radius 2 is 1.62 bits per heavy atom. The predicted molar refractivity (Wildman–Crippen MR) is 104 cm³/mol. The fourth-order valence-corrected chi connectivity index (χ4v) is 3.21. The summed E-state index contributed by atoms with van der Waals surface area (Å²) in [5.74, 6) is -3.13. The molecule has 0 fully saturated rings. The number of benzene rings is 2. The van der Waals surface area contributed by atoms with E-state index >= 15 is 0 Å². The Bertz CT molecular complexity index is 1310. The summed E-state index contributed by atoms with van der Waals surface area (Å²) in [6.45, 7) is 0. The molecule has 32 heavy (non-hydrogen) atoms. The Balaban J connectivity index is 1.78. The number of halogens is 6. The summed E-state index contributed by atoms with van der Waals surface area (Å²) in [4.78, 5) is 16.5. The second-order valence-corrected chi connectivity index (χ2v) is 6.93. The maximum absolute atomic E-state index is 14.5. The molecule has 1 amide bonds. The van der Waals surface area contributed by atoms with Gasteiger partial charge in [-0.15, -0.1) is 0 Å². The smallest absolute Gasteiger partial charge is 0.309 e. The van der Waals surface area contributed by atoms with Gasteiger partial charge in [0.15, 0.2) is 5.82 Å². The van der Waals surface area contributed by atoms with Crippen molar-refractivity contribution in [1.29, 1.82) is 0 Å². The van der Waals surface area contributed by atoms with Crippen molar-refractivity contribution in [2.45, 2.75) is 12.6 Å². The number of fused-ring (bicyclic) bond motifs is 1. The molecule has 0 aliphatic carbocycles. The number of hydrogen-bond acceptors (Lipinski definition) is 2. The molecule has 0 aliphatic rings. The molecule has 0 spiro atoms. The number of alkyl halides is 3. The number of carbonyl (C=O) groups excluding carboxylic acids is 1. The molecule has 1 N–H and O–H groups in total. The van der Waals surface area contributed by atoms with Crippen molar-refractivity contribution in [2.24, 2.45) is 0 Å². The molecule has 0 radical (unpaired) electrons. The van der Waals surface area contributed by atoms with Crippen molar-refractivity contribution in [3.63, 3.8) is 0 Å². The number of aromatic nitrogens is 2. The van der Waals surface area contributed by atoms with Crippen LogP contribution in [0.25, 0.3) is 16.9 Å². The minimum absolute atomic E-state index is 0.0568. The van der Waals surface area contributed by atoms with E-state index in [-0.39, 0.29) is 29.1 Å². The first-order chi connectivity index (χ1) is 15.1. The van der Waals surface area contributed by atoms with E-state index in [4.69, 9.17) is 0 Å². The second-order valence-electron chi connectivity index (χ2n) is 6.93. The zero-order valence-corrected chi connectivity index (χ0v) is 16.1. The lowest BCUT2D eigenvalue weighted by Gasteiger charge is -2.09. The first-order valence-corrected chi connectivity index (χ1v) is 9.21. The Labute approximate surface area is 177 Å². The number of nitrogens with zero attached hydrogens (tertiary/aromatic N) is 2. The van der Waals surface area contributed by atoms with Crippen LogP contribution in [0.3, 0.4) is 0 Å². The van der Waals surface area contributed by atoms with Crippen LogP contribution in [0.5, 0.6) is 0 Å². The van der Waals surface area contributed by atoms with Crippen LogP contribution in [-0.4, -0.2) is 15.3 Å². The molecule has 4 aromatic rings. The molecular formula is C22H13F6N3O. The monoisotopic (exact) mass is 449 g/mol. The topological polar surface area (TPSA) is 46.4 Å². The van der Waals surface area contributed by atoms with Gasteiger partial charge in [-0.3, -0.25) is 9.20 Å². The molecule has 0 saturated carbocycles. The Morgan fingerprint density at radius 1 is 0.938 bits per heavy atom. The standard InChI is InChI=1S/C22H13F6N3O/c23-14-3-1-12(2-4-14)9-19(32)30-21-20(16-6-5-15(24)11-17(16)25)31-8-7-13(22(26,27)28)10-18(31)29-21/h1-8,10-11H,9H2,(H,30,32). The lowest BCUT2D eigenvalue weighted by Crippen LogP contribution is -2.15. The normalized spacial score (nSPS) is 11.7. The highest BCUT2D eigenvalue weighted by Crippen LogP contribution is 2.35. The van der Waals surface area contributed by atoms with Crippen LogP contribution in [0.4, 0.5) is 32.2 Å². The number of carbonyl (C=O) groups is 1. The number of hydrogen-bond donors (Lipinski definition) is 1. The number of imidazole rings is 1. The van der Waals surface area contributed by atoms with Gasteiger partial charge in [0.1, 0.15) is 28.8 Å².